The van der Waals surface area contributed by atoms with E-state index in [0.29, 0.717) is 10.4 Å². The Morgan fingerprint density at radius 3 is 3.00 bits per heavy atom. The number of nitrogens with zero attached hydrogens (tertiary/aromatic N) is 3. The van der Waals surface area contributed by atoms with E-state index < -0.39 is 0 Å². The summed E-state index contributed by atoms with van der Waals surface area (Å²) in [6.45, 7) is 0. The van der Waals surface area contributed by atoms with Crippen LogP contribution in [0.3, 0.4) is 0 Å². The number of aromatic nitrogens is 3. The molecular formula is C6H4BrN3O. The second-order valence-electron chi connectivity index (χ2n) is 2.08. The summed E-state index contributed by atoms with van der Waals surface area (Å²) < 4.78 is 2.23. The van der Waals surface area contributed by atoms with Gasteiger partial charge in [-0.1, -0.05) is 0 Å². The average molecular weight is 214 g/mol. The molecule has 0 saturated carbocycles. The van der Waals surface area contributed by atoms with Crippen LogP contribution in [0.1, 0.15) is 0 Å². The highest BCUT2D eigenvalue weighted by Gasteiger charge is 2.00. The molecule has 2 aromatic rings. The van der Waals surface area contributed by atoms with Crippen LogP contribution in [-0.2, 0) is 0 Å². The molecule has 0 aliphatic rings. The standard InChI is InChI=1S/C6H4BrN3O/c7-6-9-8-5-2-1-4(11)3-10(5)6/h1-3,11H. The SMILES string of the molecule is Oc1ccc2nnc(Br)n2c1. The molecule has 0 aromatic carbocycles. The van der Waals surface area contributed by atoms with Crippen LogP contribution in [0.25, 0.3) is 5.65 Å². The molecule has 0 radical (unpaired) electrons. The molecule has 0 fully saturated rings. The summed E-state index contributed by atoms with van der Waals surface area (Å²) in [6, 6.07) is 3.25. The number of hydrogen-bond donors (Lipinski definition) is 1. The maximum absolute atomic E-state index is 9.08. The highest BCUT2D eigenvalue weighted by atomic mass is 79.9. The van der Waals surface area contributed by atoms with Gasteiger partial charge in [0.1, 0.15) is 5.75 Å². The van der Waals surface area contributed by atoms with Crippen LogP contribution in [0, 0.1) is 0 Å². The Morgan fingerprint density at radius 1 is 1.36 bits per heavy atom. The monoisotopic (exact) mass is 213 g/mol. The predicted molar refractivity (Wildman–Crippen MR) is 42.4 cm³/mol. The van der Waals surface area contributed by atoms with Gasteiger partial charge in [-0.25, -0.2) is 0 Å². The van der Waals surface area contributed by atoms with E-state index in [1.165, 1.54) is 0 Å². The summed E-state index contributed by atoms with van der Waals surface area (Å²) in [4.78, 5) is 0. The zero-order chi connectivity index (χ0) is 7.84. The lowest BCUT2D eigenvalue weighted by atomic mass is 10.4. The summed E-state index contributed by atoms with van der Waals surface area (Å²) in [5.74, 6) is 0.193. The van der Waals surface area contributed by atoms with E-state index in [4.69, 9.17) is 5.11 Å². The largest absolute Gasteiger partial charge is 0.506 e. The molecule has 0 aliphatic carbocycles. The predicted octanol–water partition coefficient (Wildman–Crippen LogP) is 1.20. The van der Waals surface area contributed by atoms with Crippen LogP contribution < -0.4 is 0 Å². The number of pyridine rings is 1. The number of aromatic hydroxyl groups is 1. The Hall–Kier alpha value is -1.10. The number of rotatable bonds is 0. The molecule has 0 aliphatic heterocycles. The summed E-state index contributed by atoms with van der Waals surface area (Å²) in [7, 11) is 0. The highest BCUT2D eigenvalue weighted by molar-refractivity contribution is 9.10. The molecule has 0 saturated heterocycles. The lowest BCUT2D eigenvalue weighted by Gasteiger charge is -1.92. The third-order valence-electron chi connectivity index (χ3n) is 1.35. The van der Waals surface area contributed by atoms with Crippen molar-refractivity contribution in [3.8, 4) is 5.75 Å². The van der Waals surface area contributed by atoms with E-state index in [2.05, 4.69) is 26.1 Å². The minimum Gasteiger partial charge on any atom is -0.506 e. The maximum Gasteiger partial charge on any atom is 0.204 e. The Morgan fingerprint density at radius 2 is 2.18 bits per heavy atom. The van der Waals surface area contributed by atoms with Crippen LogP contribution >= 0.6 is 15.9 Å². The molecule has 1 N–H and O–H groups in total. The van der Waals surface area contributed by atoms with E-state index in [-0.39, 0.29) is 5.75 Å². The van der Waals surface area contributed by atoms with Gasteiger partial charge in [-0.05, 0) is 28.1 Å². The average Bonchev–Trinajstić information content (AvgIpc) is 2.33. The Labute approximate surface area is 70.6 Å². The molecule has 0 atom stereocenters. The number of hydrogen-bond acceptors (Lipinski definition) is 3. The molecular weight excluding hydrogens is 210 g/mol. The Kier molecular flexibility index (Phi) is 1.32. The van der Waals surface area contributed by atoms with E-state index >= 15 is 0 Å². The van der Waals surface area contributed by atoms with Crippen LogP contribution in [0.15, 0.2) is 23.1 Å². The van der Waals surface area contributed by atoms with Gasteiger partial charge in [-0.3, -0.25) is 4.40 Å². The Balaban J connectivity index is 2.87. The second kappa shape index (κ2) is 2.20. The first kappa shape index (κ1) is 6.60. The first-order chi connectivity index (χ1) is 5.27. The minimum atomic E-state index is 0.193. The van der Waals surface area contributed by atoms with Crippen molar-refractivity contribution in [2.75, 3.05) is 0 Å². The fraction of sp³-hybridized carbons (Fsp3) is 0. The van der Waals surface area contributed by atoms with Crippen LogP contribution in [-0.4, -0.2) is 19.7 Å². The van der Waals surface area contributed by atoms with Gasteiger partial charge in [0.05, 0.1) is 6.20 Å². The van der Waals surface area contributed by atoms with Gasteiger partial charge >= 0.3 is 0 Å². The van der Waals surface area contributed by atoms with E-state index in [1.807, 2.05) is 0 Å². The van der Waals surface area contributed by atoms with Crippen LogP contribution in [0.5, 0.6) is 5.75 Å². The lowest BCUT2D eigenvalue weighted by molar-refractivity contribution is 0.471. The van der Waals surface area contributed by atoms with E-state index in [0.717, 1.165) is 0 Å². The molecule has 56 valence electrons. The molecule has 0 amide bonds. The molecule has 4 nitrogen and oxygen atoms in total. The second-order valence-corrected chi connectivity index (χ2v) is 2.79. The molecule has 2 heterocycles. The topological polar surface area (TPSA) is 50.4 Å². The molecule has 0 spiro atoms. The van der Waals surface area contributed by atoms with Crippen molar-refractivity contribution >= 4 is 21.6 Å². The van der Waals surface area contributed by atoms with Crippen molar-refractivity contribution < 1.29 is 5.11 Å². The summed E-state index contributed by atoms with van der Waals surface area (Å²) in [5.41, 5.74) is 0.703. The van der Waals surface area contributed by atoms with Gasteiger partial charge in [-0.2, -0.15) is 0 Å². The number of fused-ring (bicyclic) bond motifs is 1. The van der Waals surface area contributed by atoms with E-state index in [1.54, 1.807) is 22.7 Å². The first-order valence-electron chi connectivity index (χ1n) is 2.96. The van der Waals surface area contributed by atoms with Crippen molar-refractivity contribution in [3.63, 3.8) is 0 Å². The smallest absolute Gasteiger partial charge is 0.204 e. The van der Waals surface area contributed by atoms with Gasteiger partial charge in [0.15, 0.2) is 5.65 Å². The van der Waals surface area contributed by atoms with Crippen molar-refractivity contribution in [3.05, 3.63) is 23.1 Å². The van der Waals surface area contributed by atoms with Gasteiger partial charge in [0.25, 0.3) is 0 Å². The molecule has 2 aromatic heterocycles. The zero-order valence-electron chi connectivity index (χ0n) is 5.40. The van der Waals surface area contributed by atoms with Gasteiger partial charge < -0.3 is 5.11 Å². The maximum atomic E-state index is 9.08. The van der Waals surface area contributed by atoms with Gasteiger partial charge in [0, 0.05) is 0 Å². The lowest BCUT2D eigenvalue weighted by Crippen LogP contribution is -1.82. The quantitative estimate of drug-likeness (QED) is 0.716. The third-order valence-corrected chi connectivity index (χ3v) is 1.89. The third kappa shape index (κ3) is 0.970. The fourth-order valence-electron chi connectivity index (χ4n) is 0.852. The molecule has 11 heavy (non-hydrogen) atoms. The minimum absolute atomic E-state index is 0.193. The van der Waals surface area contributed by atoms with E-state index in [9.17, 15) is 0 Å². The van der Waals surface area contributed by atoms with Crippen molar-refractivity contribution in [2.24, 2.45) is 0 Å². The fourth-order valence-corrected chi connectivity index (χ4v) is 1.21. The van der Waals surface area contributed by atoms with Crippen LogP contribution in [0.2, 0.25) is 0 Å². The highest BCUT2D eigenvalue weighted by Crippen LogP contribution is 2.14. The van der Waals surface area contributed by atoms with Crippen molar-refractivity contribution in [2.45, 2.75) is 0 Å². The Bertz CT molecular complexity index is 398. The van der Waals surface area contributed by atoms with Crippen LogP contribution in [0.4, 0.5) is 0 Å². The first-order valence-corrected chi connectivity index (χ1v) is 3.76. The normalized spacial score (nSPS) is 10.6. The zero-order valence-corrected chi connectivity index (χ0v) is 6.98. The summed E-state index contributed by atoms with van der Waals surface area (Å²) >= 11 is 3.18. The van der Waals surface area contributed by atoms with Crippen molar-refractivity contribution in [1.82, 2.24) is 14.6 Å². The molecule has 2 rings (SSSR count). The number of halogens is 1. The van der Waals surface area contributed by atoms with Gasteiger partial charge in [0.2, 0.25) is 4.73 Å². The van der Waals surface area contributed by atoms with Gasteiger partial charge in [-0.15, -0.1) is 10.2 Å². The van der Waals surface area contributed by atoms with Crippen molar-refractivity contribution in [1.29, 1.82) is 0 Å². The summed E-state index contributed by atoms with van der Waals surface area (Å²) in [5, 5.41) is 16.6. The summed E-state index contributed by atoms with van der Waals surface area (Å²) in [6.07, 6.45) is 1.54. The molecule has 5 heteroatoms. The molecule has 0 bridgehead atoms. The molecule has 0 unspecified atom stereocenters.